The van der Waals surface area contributed by atoms with Crippen LogP contribution in [0, 0.1) is 6.92 Å². The topological polar surface area (TPSA) is 99.9 Å². The summed E-state index contributed by atoms with van der Waals surface area (Å²) in [6, 6.07) is 1.38. The largest absolute Gasteiger partial charge is 0.379 e. The Labute approximate surface area is 160 Å². The lowest BCUT2D eigenvalue weighted by Gasteiger charge is -2.30. The van der Waals surface area contributed by atoms with Crippen LogP contribution in [-0.4, -0.2) is 78.4 Å². The fourth-order valence-electron chi connectivity index (χ4n) is 2.74. The van der Waals surface area contributed by atoms with E-state index in [0.717, 1.165) is 39.3 Å². The lowest BCUT2D eigenvalue weighted by atomic mass is 10.1. The fourth-order valence-corrected chi connectivity index (χ4v) is 2.74. The van der Waals surface area contributed by atoms with E-state index in [9.17, 15) is 9.59 Å². The summed E-state index contributed by atoms with van der Waals surface area (Å²) in [5.74, 6) is 0.652. The van der Waals surface area contributed by atoms with Crippen LogP contribution < -0.4 is 10.6 Å². The Bertz CT molecular complexity index is 620. The first-order chi connectivity index (χ1) is 12.7. The number of nitrogens with one attached hydrogen (secondary N) is 2. The van der Waals surface area contributed by atoms with Gasteiger partial charge in [0.1, 0.15) is 12.3 Å². The lowest BCUT2D eigenvalue weighted by Crippen LogP contribution is -2.51. The van der Waals surface area contributed by atoms with Gasteiger partial charge in [0.05, 0.1) is 13.2 Å². The van der Waals surface area contributed by atoms with Gasteiger partial charge in [0.2, 0.25) is 5.91 Å². The molecule has 0 aromatic carbocycles. The SMILES string of the molecule is Cc1cc(NC(=O)CN(CCCN2CCOCC2)C(=O)NC(C)(C)C)no1. The average molecular weight is 381 g/mol. The third-order valence-corrected chi connectivity index (χ3v) is 4.01. The summed E-state index contributed by atoms with van der Waals surface area (Å²) in [5, 5.41) is 9.32. The highest BCUT2D eigenvalue weighted by atomic mass is 16.5. The number of rotatable bonds is 7. The molecule has 0 atom stereocenters. The third-order valence-electron chi connectivity index (χ3n) is 4.01. The van der Waals surface area contributed by atoms with Gasteiger partial charge in [-0.05, 0) is 34.1 Å². The summed E-state index contributed by atoms with van der Waals surface area (Å²) in [5.41, 5.74) is -0.376. The highest BCUT2D eigenvalue weighted by molar-refractivity contribution is 5.93. The van der Waals surface area contributed by atoms with Gasteiger partial charge in [-0.25, -0.2) is 4.79 Å². The zero-order chi connectivity index (χ0) is 19.9. The number of carbonyl (C=O) groups is 2. The summed E-state index contributed by atoms with van der Waals surface area (Å²) in [6.07, 6.45) is 0.786. The minimum absolute atomic E-state index is 0.0447. The standard InChI is InChI=1S/C18H31N5O4/c1-14-12-15(21-27-14)19-16(24)13-23(17(25)20-18(2,3)4)7-5-6-22-8-10-26-11-9-22/h12H,5-11,13H2,1-4H3,(H,20,25)(H,19,21,24). The predicted octanol–water partition coefficient (Wildman–Crippen LogP) is 1.45. The van der Waals surface area contributed by atoms with Crippen molar-refractivity contribution in [3.05, 3.63) is 11.8 Å². The maximum Gasteiger partial charge on any atom is 0.318 e. The number of aromatic nitrogens is 1. The van der Waals surface area contributed by atoms with Crippen molar-refractivity contribution in [1.29, 1.82) is 0 Å². The number of hydrogen-bond acceptors (Lipinski definition) is 6. The Morgan fingerprint density at radius 1 is 1.30 bits per heavy atom. The molecule has 2 heterocycles. The molecule has 27 heavy (non-hydrogen) atoms. The number of amides is 3. The van der Waals surface area contributed by atoms with E-state index < -0.39 is 0 Å². The first-order valence-corrected chi connectivity index (χ1v) is 9.33. The van der Waals surface area contributed by atoms with E-state index >= 15 is 0 Å². The molecule has 9 heteroatoms. The summed E-state index contributed by atoms with van der Waals surface area (Å²) < 4.78 is 10.3. The molecule has 0 radical (unpaired) electrons. The van der Waals surface area contributed by atoms with Gasteiger partial charge in [0.25, 0.3) is 0 Å². The first kappa shape index (κ1) is 21.2. The quantitative estimate of drug-likeness (QED) is 0.742. The molecule has 9 nitrogen and oxygen atoms in total. The van der Waals surface area contributed by atoms with E-state index in [1.165, 1.54) is 4.90 Å². The molecule has 3 amide bonds. The van der Waals surface area contributed by atoms with Gasteiger partial charge in [0, 0.05) is 37.8 Å². The normalized spacial score (nSPS) is 15.4. The zero-order valence-electron chi connectivity index (χ0n) is 16.7. The molecule has 1 aromatic rings. The Morgan fingerprint density at radius 3 is 2.59 bits per heavy atom. The van der Waals surface area contributed by atoms with Crippen LogP contribution in [0.5, 0.6) is 0 Å². The van der Waals surface area contributed by atoms with Gasteiger partial charge >= 0.3 is 6.03 Å². The highest BCUT2D eigenvalue weighted by Gasteiger charge is 2.22. The van der Waals surface area contributed by atoms with Crippen molar-refractivity contribution >= 4 is 17.8 Å². The van der Waals surface area contributed by atoms with Crippen molar-refractivity contribution in [3.8, 4) is 0 Å². The van der Waals surface area contributed by atoms with E-state index in [0.29, 0.717) is 18.1 Å². The van der Waals surface area contributed by atoms with Crippen molar-refractivity contribution in [2.45, 2.75) is 39.7 Å². The molecule has 0 spiro atoms. The first-order valence-electron chi connectivity index (χ1n) is 9.33. The van der Waals surface area contributed by atoms with Crippen LogP contribution in [0.2, 0.25) is 0 Å². The van der Waals surface area contributed by atoms with Gasteiger partial charge in [-0.2, -0.15) is 0 Å². The van der Waals surface area contributed by atoms with Crippen LogP contribution >= 0.6 is 0 Å². The fraction of sp³-hybridized carbons (Fsp3) is 0.722. The minimum atomic E-state index is -0.376. The van der Waals surface area contributed by atoms with Gasteiger partial charge < -0.3 is 24.8 Å². The molecule has 1 aliphatic heterocycles. The molecular weight excluding hydrogens is 350 g/mol. The Hall–Kier alpha value is -2.13. The molecule has 2 N–H and O–H groups in total. The number of hydrogen-bond donors (Lipinski definition) is 2. The second-order valence-corrected chi connectivity index (χ2v) is 7.78. The number of aryl methyl sites for hydroxylation is 1. The van der Waals surface area contributed by atoms with Gasteiger partial charge in [-0.3, -0.25) is 9.69 Å². The smallest absolute Gasteiger partial charge is 0.318 e. The molecule has 1 saturated heterocycles. The second kappa shape index (κ2) is 9.70. The summed E-state index contributed by atoms with van der Waals surface area (Å²) >= 11 is 0. The van der Waals surface area contributed by atoms with Crippen LogP contribution in [0.1, 0.15) is 33.0 Å². The van der Waals surface area contributed by atoms with Crippen LogP contribution in [0.3, 0.4) is 0 Å². The predicted molar refractivity (Wildman–Crippen MR) is 102 cm³/mol. The molecule has 152 valence electrons. The number of ether oxygens (including phenoxy) is 1. The van der Waals surface area contributed by atoms with E-state index in [4.69, 9.17) is 9.26 Å². The highest BCUT2D eigenvalue weighted by Crippen LogP contribution is 2.08. The van der Waals surface area contributed by atoms with Crippen LogP contribution in [0.25, 0.3) is 0 Å². The third kappa shape index (κ3) is 7.96. The van der Waals surface area contributed by atoms with Crippen molar-refractivity contribution < 1.29 is 18.8 Å². The summed E-state index contributed by atoms with van der Waals surface area (Å²) in [7, 11) is 0. The van der Waals surface area contributed by atoms with Gasteiger partial charge in [-0.15, -0.1) is 0 Å². The van der Waals surface area contributed by atoms with Crippen molar-refractivity contribution in [3.63, 3.8) is 0 Å². The summed E-state index contributed by atoms with van der Waals surface area (Å²) in [6.45, 7) is 12.1. The lowest BCUT2D eigenvalue weighted by molar-refractivity contribution is -0.116. The molecular formula is C18H31N5O4. The maximum atomic E-state index is 12.6. The monoisotopic (exact) mass is 381 g/mol. The molecule has 1 fully saturated rings. The maximum absolute atomic E-state index is 12.6. The molecule has 1 aromatic heterocycles. The number of carbonyl (C=O) groups excluding carboxylic acids is 2. The molecule has 0 saturated carbocycles. The van der Waals surface area contributed by atoms with E-state index in [1.807, 2.05) is 20.8 Å². The van der Waals surface area contributed by atoms with E-state index in [2.05, 4.69) is 20.7 Å². The number of morpholine rings is 1. The van der Waals surface area contributed by atoms with Crippen molar-refractivity contribution in [2.75, 3.05) is 51.3 Å². The second-order valence-electron chi connectivity index (χ2n) is 7.78. The average Bonchev–Trinajstić information content (AvgIpc) is 2.98. The van der Waals surface area contributed by atoms with E-state index in [1.54, 1.807) is 13.0 Å². The van der Waals surface area contributed by atoms with Crippen LogP contribution in [-0.2, 0) is 9.53 Å². The summed E-state index contributed by atoms with van der Waals surface area (Å²) in [4.78, 5) is 28.8. The number of nitrogens with zero attached hydrogens (tertiary/aromatic N) is 3. The minimum Gasteiger partial charge on any atom is -0.379 e. The van der Waals surface area contributed by atoms with Crippen LogP contribution in [0.4, 0.5) is 10.6 Å². The van der Waals surface area contributed by atoms with Crippen molar-refractivity contribution in [1.82, 2.24) is 20.3 Å². The zero-order valence-corrected chi connectivity index (χ0v) is 16.7. The Balaban J connectivity index is 1.89. The molecule has 0 bridgehead atoms. The Kier molecular flexibility index (Phi) is 7.61. The van der Waals surface area contributed by atoms with Gasteiger partial charge in [0.15, 0.2) is 5.82 Å². The molecule has 1 aliphatic rings. The van der Waals surface area contributed by atoms with E-state index in [-0.39, 0.29) is 24.0 Å². The Morgan fingerprint density at radius 2 is 2.00 bits per heavy atom. The molecule has 2 rings (SSSR count). The molecule has 0 aliphatic carbocycles. The number of anilines is 1. The van der Waals surface area contributed by atoms with Crippen LogP contribution in [0.15, 0.2) is 10.6 Å². The van der Waals surface area contributed by atoms with Gasteiger partial charge in [-0.1, -0.05) is 5.16 Å². The van der Waals surface area contributed by atoms with Crippen molar-refractivity contribution in [2.24, 2.45) is 0 Å². The molecule has 0 unspecified atom stereocenters. The number of urea groups is 1.